The van der Waals surface area contributed by atoms with Gasteiger partial charge in [-0.05, 0) is 24.3 Å². The molecule has 4 heterocycles. The van der Waals surface area contributed by atoms with Gasteiger partial charge in [0.05, 0.1) is 12.3 Å². The molecule has 30 heavy (non-hydrogen) atoms. The van der Waals surface area contributed by atoms with Crippen molar-refractivity contribution in [3.63, 3.8) is 0 Å². The molecule has 1 aromatic heterocycles. The zero-order chi connectivity index (χ0) is 20.9. The number of nitrogens with zero attached hydrogens (tertiary/aromatic N) is 2. The van der Waals surface area contributed by atoms with Gasteiger partial charge in [-0.3, -0.25) is 4.79 Å². The molecule has 0 aliphatic carbocycles. The second kappa shape index (κ2) is 7.61. The van der Waals surface area contributed by atoms with Gasteiger partial charge in [0.1, 0.15) is 16.9 Å². The van der Waals surface area contributed by atoms with Gasteiger partial charge in [-0.25, -0.2) is 9.97 Å². The summed E-state index contributed by atoms with van der Waals surface area (Å²) in [6.45, 7) is 0.531. The minimum Gasteiger partial charge on any atom is -0.454 e. The molecule has 3 aliphatic rings. The van der Waals surface area contributed by atoms with Gasteiger partial charge in [0.15, 0.2) is 16.7 Å². The molecule has 0 radical (unpaired) electrons. The van der Waals surface area contributed by atoms with Crippen molar-refractivity contribution < 1.29 is 32.2 Å². The van der Waals surface area contributed by atoms with Crippen LogP contribution < -0.4 is 9.47 Å². The number of hydrogen-bond acceptors (Lipinski definition) is 8. The van der Waals surface area contributed by atoms with Crippen molar-refractivity contribution in [2.45, 2.75) is 40.1 Å². The zero-order valence-electron chi connectivity index (χ0n) is 15.3. The third-order valence-corrected chi connectivity index (χ3v) is 7.72. The highest BCUT2D eigenvalue weighted by Crippen LogP contribution is 2.43. The maximum Gasteiger partial charge on any atom is 0.433 e. The van der Waals surface area contributed by atoms with E-state index in [9.17, 15) is 18.0 Å². The molecule has 2 bridgehead atoms. The smallest absolute Gasteiger partial charge is 0.433 e. The van der Waals surface area contributed by atoms with E-state index in [1.165, 1.54) is 0 Å². The number of benzene rings is 1. The lowest BCUT2D eigenvalue weighted by molar-refractivity contribution is -0.141. The van der Waals surface area contributed by atoms with E-state index in [2.05, 4.69) is 9.97 Å². The van der Waals surface area contributed by atoms with Crippen molar-refractivity contribution in [3.05, 3.63) is 30.0 Å². The monoisotopic (exact) mass is 456 g/mol. The molecule has 2 fully saturated rings. The predicted octanol–water partition coefficient (Wildman–Crippen LogP) is 4.17. The van der Waals surface area contributed by atoms with Crippen LogP contribution in [0.3, 0.4) is 0 Å². The Morgan fingerprint density at radius 3 is 2.77 bits per heavy atom. The van der Waals surface area contributed by atoms with E-state index >= 15 is 0 Å². The molecule has 3 unspecified atom stereocenters. The fraction of sp³-hybridized carbons (Fsp3) is 0.421. The summed E-state index contributed by atoms with van der Waals surface area (Å²) in [7, 11) is 0. The summed E-state index contributed by atoms with van der Waals surface area (Å²) in [5, 5.41) is -0.247. The lowest BCUT2D eigenvalue weighted by atomic mass is 10.1. The van der Waals surface area contributed by atoms with Crippen molar-refractivity contribution in [1.29, 1.82) is 0 Å². The van der Waals surface area contributed by atoms with Crippen molar-refractivity contribution in [2.24, 2.45) is 0 Å². The van der Waals surface area contributed by atoms with Crippen LogP contribution in [0.2, 0.25) is 0 Å². The van der Waals surface area contributed by atoms with Crippen molar-refractivity contribution in [3.8, 4) is 22.8 Å². The number of hydrogen-bond donors (Lipinski definition) is 0. The summed E-state index contributed by atoms with van der Waals surface area (Å²) in [6, 6.07) is 5.78. The predicted molar refractivity (Wildman–Crippen MR) is 104 cm³/mol. The van der Waals surface area contributed by atoms with Gasteiger partial charge in [0, 0.05) is 28.9 Å². The Balaban J connectivity index is 1.50. The molecular weight excluding hydrogens is 441 g/mol. The van der Waals surface area contributed by atoms with Crippen LogP contribution in [0.5, 0.6) is 11.5 Å². The van der Waals surface area contributed by atoms with Crippen LogP contribution in [0.15, 0.2) is 29.4 Å². The minimum absolute atomic E-state index is 0.0126. The molecule has 3 atom stereocenters. The van der Waals surface area contributed by atoms with Crippen molar-refractivity contribution in [1.82, 2.24) is 9.97 Å². The molecule has 5 rings (SSSR count). The van der Waals surface area contributed by atoms with Crippen molar-refractivity contribution >= 4 is 29.3 Å². The zero-order valence-corrected chi connectivity index (χ0v) is 17.0. The largest absolute Gasteiger partial charge is 0.454 e. The van der Waals surface area contributed by atoms with Gasteiger partial charge < -0.3 is 14.2 Å². The molecule has 0 spiro atoms. The fourth-order valence-electron chi connectivity index (χ4n) is 3.48. The van der Waals surface area contributed by atoms with Crippen LogP contribution in [0, 0.1) is 0 Å². The number of carbonyl (C=O) groups is 1. The molecule has 2 aromatic rings. The van der Waals surface area contributed by atoms with E-state index in [4.69, 9.17) is 14.2 Å². The number of Topliss-reactive ketones (excluding diaryl/α,β-unsaturated/α-hetero) is 1. The first-order valence-electron chi connectivity index (χ1n) is 9.17. The standard InChI is InChI=1S/C19H15F3N2O4S2/c20-19(21,22)16-6-11(9-1-2-12-13(3-9)28-8-27-12)23-18(24-16)30-14-4-10(25)5-17-26-7-15(14)29-17/h1-3,6,14-15,17H,4-5,7-8H2. The third-order valence-electron chi connectivity index (χ3n) is 4.93. The molecule has 158 valence electrons. The summed E-state index contributed by atoms with van der Waals surface area (Å²) in [5.74, 6) is 1.02. The normalized spacial score (nSPS) is 25.4. The van der Waals surface area contributed by atoms with E-state index in [-0.39, 0.29) is 45.8 Å². The first-order chi connectivity index (χ1) is 14.3. The number of alkyl halides is 3. The van der Waals surface area contributed by atoms with Gasteiger partial charge in [-0.15, -0.1) is 11.8 Å². The number of ether oxygens (including phenoxy) is 3. The summed E-state index contributed by atoms with van der Waals surface area (Å²) < 4.78 is 56.7. The Hall–Kier alpha value is -1.98. The van der Waals surface area contributed by atoms with E-state index in [0.717, 1.165) is 17.8 Å². The highest BCUT2D eigenvalue weighted by molar-refractivity contribution is 8.04. The molecule has 0 amide bonds. The topological polar surface area (TPSA) is 70.5 Å². The summed E-state index contributed by atoms with van der Waals surface area (Å²) in [6.07, 6.45) is -4.04. The SMILES string of the molecule is O=C1CC2OCC(S2)C(Sc2nc(-c3ccc4c(c3)OCO4)cc(C(F)(F)F)n2)C1. The first-order valence-corrected chi connectivity index (χ1v) is 11.0. The average molecular weight is 456 g/mol. The number of thioether (sulfide) groups is 2. The molecule has 0 N–H and O–H groups in total. The Morgan fingerprint density at radius 2 is 1.93 bits per heavy atom. The van der Waals surface area contributed by atoms with Gasteiger partial charge in [-0.1, -0.05) is 11.8 Å². The van der Waals surface area contributed by atoms with E-state index in [1.807, 2.05) is 0 Å². The third kappa shape index (κ3) is 3.97. The maximum absolute atomic E-state index is 13.5. The number of halogens is 3. The molecule has 3 aliphatic heterocycles. The number of rotatable bonds is 3. The van der Waals surface area contributed by atoms with Crippen LogP contribution in [-0.4, -0.2) is 45.1 Å². The molecule has 2 saturated heterocycles. The van der Waals surface area contributed by atoms with Crippen LogP contribution in [0.25, 0.3) is 11.3 Å². The highest BCUT2D eigenvalue weighted by Gasteiger charge is 2.40. The summed E-state index contributed by atoms with van der Waals surface area (Å²) >= 11 is 2.66. The second-order valence-electron chi connectivity index (χ2n) is 7.03. The molecule has 11 heteroatoms. The lowest BCUT2D eigenvalue weighted by Gasteiger charge is -2.19. The van der Waals surface area contributed by atoms with Crippen LogP contribution in [0.4, 0.5) is 13.2 Å². The van der Waals surface area contributed by atoms with Crippen LogP contribution >= 0.6 is 23.5 Å². The van der Waals surface area contributed by atoms with Gasteiger partial charge in [0.25, 0.3) is 0 Å². The van der Waals surface area contributed by atoms with Crippen molar-refractivity contribution in [2.75, 3.05) is 13.4 Å². The van der Waals surface area contributed by atoms with Crippen LogP contribution in [0.1, 0.15) is 18.5 Å². The number of ketones is 1. The Kier molecular flexibility index (Phi) is 5.06. The van der Waals surface area contributed by atoms with Crippen LogP contribution in [-0.2, 0) is 15.7 Å². The Bertz CT molecular complexity index is 1000. The molecule has 0 saturated carbocycles. The molecule has 6 nitrogen and oxygen atoms in total. The number of fused-ring (bicyclic) bond motifs is 3. The minimum atomic E-state index is -4.63. The molecule has 1 aromatic carbocycles. The van der Waals surface area contributed by atoms with Gasteiger partial charge >= 0.3 is 6.18 Å². The highest BCUT2D eigenvalue weighted by atomic mass is 32.2. The Morgan fingerprint density at radius 1 is 1.10 bits per heavy atom. The van der Waals surface area contributed by atoms with E-state index in [0.29, 0.717) is 30.1 Å². The van der Waals surface area contributed by atoms with E-state index < -0.39 is 11.9 Å². The van der Waals surface area contributed by atoms with Gasteiger partial charge in [0.2, 0.25) is 6.79 Å². The Labute approximate surface area is 177 Å². The van der Waals surface area contributed by atoms with E-state index in [1.54, 1.807) is 30.0 Å². The average Bonchev–Trinajstić information content (AvgIpc) is 3.31. The number of carbonyl (C=O) groups excluding carboxylic acids is 1. The molecular formula is C19H15F3N2O4S2. The summed E-state index contributed by atoms with van der Waals surface area (Å²) in [5.41, 5.74) is -0.601. The number of aromatic nitrogens is 2. The maximum atomic E-state index is 13.5. The quantitative estimate of drug-likeness (QED) is 0.638. The second-order valence-corrected chi connectivity index (χ2v) is 9.64. The lowest BCUT2D eigenvalue weighted by Crippen LogP contribution is -2.25. The van der Waals surface area contributed by atoms with Gasteiger partial charge in [-0.2, -0.15) is 13.2 Å². The fourth-order valence-corrected chi connectivity index (χ4v) is 6.17. The first kappa shape index (κ1) is 20.0. The summed E-state index contributed by atoms with van der Waals surface area (Å²) in [4.78, 5) is 20.3.